The molecule has 2 heterocycles. The largest absolute Gasteiger partial charge is 0.325 e. The van der Waals surface area contributed by atoms with E-state index in [4.69, 9.17) is 16.6 Å². The molecule has 0 unspecified atom stereocenters. The number of hydrogen-bond acceptors (Lipinski definition) is 5. The fourth-order valence-electron chi connectivity index (χ4n) is 4.06. The smallest absolute Gasteiger partial charge is 0.268 e. The summed E-state index contributed by atoms with van der Waals surface area (Å²) >= 11 is 8.91. The van der Waals surface area contributed by atoms with Crippen molar-refractivity contribution < 1.29 is 4.79 Å². The first-order valence-corrected chi connectivity index (χ1v) is 13.5. The quantitative estimate of drug-likeness (QED) is 0.187. The van der Waals surface area contributed by atoms with Crippen LogP contribution in [0.4, 0.5) is 5.69 Å². The molecule has 0 aliphatic heterocycles. The Labute approximate surface area is 221 Å². The SMILES string of the molecule is Cc1sc2nc(SCC(=O)Nc3cccc(Cl)c3C)n(-c3ccccc3)c(=O)c2c1-c1ccccc1. The van der Waals surface area contributed by atoms with Gasteiger partial charge in [0.1, 0.15) is 4.83 Å². The van der Waals surface area contributed by atoms with Crippen molar-refractivity contribution in [2.75, 3.05) is 11.1 Å². The molecule has 0 bridgehead atoms. The number of fused-ring (bicyclic) bond motifs is 1. The Bertz CT molecular complexity index is 1630. The van der Waals surface area contributed by atoms with E-state index in [1.807, 2.05) is 80.6 Å². The topological polar surface area (TPSA) is 64.0 Å². The second-order valence-electron chi connectivity index (χ2n) is 8.20. The molecule has 0 fully saturated rings. The Kier molecular flexibility index (Phi) is 6.96. The van der Waals surface area contributed by atoms with Gasteiger partial charge in [-0.05, 0) is 49.2 Å². The predicted molar refractivity (Wildman–Crippen MR) is 151 cm³/mol. The number of aryl methyl sites for hydroxylation is 1. The van der Waals surface area contributed by atoms with Gasteiger partial charge in [-0.15, -0.1) is 11.3 Å². The third kappa shape index (κ3) is 4.69. The van der Waals surface area contributed by atoms with Crippen molar-refractivity contribution in [3.63, 3.8) is 0 Å². The predicted octanol–water partition coefficient (Wildman–Crippen LogP) is 7.12. The molecule has 36 heavy (non-hydrogen) atoms. The number of nitrogens with one attached hydrogen (secondary N) is 1. The van der Waals surface area contributed by atoms with Crippen molar-refractivity contribution in [3.8, 4) is 16.8 Å². The molecule has 5 aromatic rings. The third-order valence-corrected chi connectivity index (χ3v) is 8.17. The molecule has 0 radical (unpaired) electrons. The first kappa shape index (κ1) is 24.3. The summed E-state index contributed by atoms with van der Waals surface area (Å²) in [6.07, 6.45) is 0. The number of amides is 1. The average Bonchev–Trinajstić information content (AvgIpc) is 3.22. The number of thioether (sulfide) groups is 1. The van der Waals surface area contributed by atoms with E-state index in [1.54, 1.807) is 16.7 Å². The fraction of sp³-hybridized carbons (Fsp3) is 0.107. The summed E-state index contributed by atoms with van der Waals surface area (Å²) in [6, 6.07) is 24.7. The number of thiophene rings is 1. The highest BCUT2D eigenvalue weighted by Crippen LogP contribution is 2.37. The van der Waals surface area contributed by atoms with Gasteiger partial charge in [-0.1, -0.05) is 78.0 Å². The zero-order valence-corrected chi connectivity index (χ0v) is 22.0. The van der Waals surface area contributed by atoms with Crippen LogP contribution in [0.1, 0.15) is 10.4 Å². The minimum atomic E-state index is -0.202. The second kappa shape index (κ2) is 10.3. The maximum atomic E-state index is 14.0. The Hall–Kier alpha value is -3.39. The van der Waals surface area contributed by atoms with Gasteiger partial charge in [0.05, 0.1) is 16.8 Å². The van der Waals surface area contributed by atoms with Crippen molar-refractivity contribution in [2.45, 2.75) is 19.0 Å². The van der Waals surface area contributed by atoms with E-state index >= 15 is 0 Å². The van der Waals surface area contributed by atoms with E-state index < -0.39 is 0 Å². The van der Waals surface area contributed by atoms with Crippen LogP contribution in [0.2, 0.25) is 5.02 Å². The Morgan fingerprint density at radius 3 is 2.42 bits per heavy atom. The maximum absolute atomic E-state index is 14.0. The molecule has 5 nitrogen and oxygen atoms in total. The molecule has 0 aliphatic carbocycles. The lowest BCUT2D eigenvalue weighted by molar-refractivity contribution is -0.113. The van der Waals surface area contributed by atoms with Crippen LogP contribution >= 0.6 is 34.7 Å². The molecule has 180 valence electrons. The standard InChI is InChI=1S/C28H22ClN3O2S2/c1-17-21(29)14-9-15-22(17)30-23(33)16-35-28-31-26-25(27(34)32(28)20-12-7-4-8-13-20)24(18(2)36-26)19-10-5-3-6-11-19/h3-15H,16H2,1-2H3,(H,30,33). The first-order valence-electron chi connectivity index (χ1n) is 11.3. The van der Waals surface area contributed by atoms with E-state index in [9.17, 15) is 9.59 Å². The molecule has 0 saturated carbocycles. The molecular formula is C28H22ClN3O2S2. The zero-order chi connectivity index (χ0) is 25.2. The fourth-order valence-corrected chi connectivity index (χ4v) is 6.13. The van der Waals surface area contributed by atoms with Crippen LogP contribution in [0.3, 0.4) is 0 Å². The number of carbonyl (C=O) groups excluding carboxylic acids is 1. The molecule has 0 saturated heterocycles. The van der Waals surface area contributed by atoms with Gasteiger partial charge in [0, 0.05) is 21.2 Å². The average molecular weight is 532 g/mol. The number of anilines is 1. The normalized spacial score (nSPS) is 11.1. The van der Waals surface area contributed by atoms with Gasteiger partial charge < -0.3 is 5.32 Å². The lowest BCUT2D eigenvalue weighted by atomic mass is 10.0. The van der Waals surface area contributed by atoms with Crippen molar-refractivity contribution >= 4 is 56.5 Å². The number of rotatable bonds is 6. The summed E-state index contributed by atoms with van der Waals surface area (Å²) in [7, 11) is 0. The van der Waals surface area contributed by atoms with Crippen molar-refractivity contribution in [1.82, 2.24) is 9.55 Å². The van der Waals surface area contributed by atoms with E-state index in [2.05, 4.69) is 5.32 Å². The van der Waals surface area contributed by atoms with E-state index in [-0.39, 0.29) is 17.2 Å². The highest BCUT2D eigenvalue weighted by atomic mass is 35.5. The van der Waals surface area contributed by atoms with Crippen molar-refractivity contribution in [3.05, 3.63) is 105 Å². The summed E-state index contributed by atoms with van der Waals surface area (Å²) in [6.45, 7) is 3.87. The number of aromatic nitrogens is 2. The Morgan fingerprint density at radius 2 is 1.69 bits per heavy atom. The summed E-state index contributed by atoms with van der Waals surface area (Å²) in [5, 5.41) is 4.56. The molecule has 1 N–H and O–H groups in total. The molecule has 0 aliphatic rings. The summed E-state index contributed by atoms with van der Waals surface area (Å²) in [5.41, 5.74) is 3.91. The van der Waals surface area contributed by atoms with Gasteiger partial charge >= 0.3 is 0 Å². The lowest BCUT2D eigenvalue weighted by Crippen LogP contribution is -2.22. The molecule has 5 rings (SSSR count). The van der Waals surface area contributed by atoms with Gasteiger partial charge in [0.25, 0.3) is 5.56 Å². The summed E-state index contributed by atoms with van der Waals surface area (Å²) in [5.74, 6) is -0.112. The van der Waals surface area contributed by atoms with E-state index in [0.29, 0.717) is 31.8 Å². The number of para-hydroxylation sites is 1. The highest BCUT2D eigenvalue weighted by molar-refractivity contribution is 7.99. The van der Waals surface area contributed by atoms with Crippen LogP contribution in [-0.2, 0) is 4.79 Å². The summed E-state index contributed by atoms with van der Waals surface area (Å²) in [4.78, 5) is 33.3. The van der Waals surface area contributed by atoms with Gasteiger partial charge in [-0.25, -0.2) is 4.98 Å². The van der Waals surface area contributed by atoms with Gasteiger partial charge in [0.2, 0.25) is 5.91 Å². The molecule has 3 aromatic carbocycles. The number of benzene rings is 3. The third-order valence-electron chi connectivity index (χ3n) is 5.82. The van der Waals surface area contributed by atoms with Crippen molar-refractivity contribution in [2.24, 2.45) is 0 Å². The van der Waals surface area contributed by atoms with Gasteiger partial charge in [0.15, 0.2) is 5.16 Å². The minimum Gasteiger partial charge on any atom is -0.325 e. The van der Waals surface area contributed by atoms with Crippen LogP contribution in [0.5, 0.6) is 0 Å². The van der Waals surface area contributed by atoms with Gasteiger partial charge in [-0.2, -0.15) is 0 Å². The molecule has 0 spiro atoms. The molecule has 1 amide bonds. The molecule has 0 atom stereocenters. The zero-order valence-electron chi connectivity index (χ0n) is 19.6. The van der Waals surface area contributed by atoms with E-state index in [1.165, 1.54) is 23.1 Å². The number of hydrogen-bond donors (Lipinski definition) is 1. The van der Waals surface area contributed by atoms with Crippen LogP contribution in [-0.4, -0.2) is 21.2 Å². The lowest BCUT2D eigenvalue weighted by Gasteiger charge is -2.13. The molecule has 8 heteroatoms. The van der Waals surface area contributed by atoms with Crippen LogP contribution in [0, 0.1) is 13.8 Å². The van der Waals surface area contributed by atoms with E-state index in [0.717, 1.165) is 21.6 Å². The monoisotopic (exact) mass is 531 g/mol. The Morgan fingerprint density at radius 1 is 1.00 bits per heavy atom. The molecular weight excluding hydrogens is 510 g/mol. The van der Waals surface area contributed by atoms with Crippen LogP contribution < -0.4 is 10.9 Å². The van der Waals surface area contributed by atoms with Crippen molar-refractivity contribution in [1.29, 1.82) is 0 Å². The minimum absolute atomic E-state index is 0.0899. The highest BCUT2D eigenvalue weighted by Gasteiger charge is 2.21. The number of carbonyl (C=O) groups is 1. The Balaban J connectivity index is 1.56. The van der Waals surface area contributed by atoms with Crippen LogP contribution in [0.15, 0.2) is 88.8 Å². The van der Waals surface area contributed by atoms with Crippen LogP contribution in [0.25, 0.3) is 27.0 Å². The second-order valence-corrected chi connectivity index (χ2v) is 10.8. The first-order chi connectivity index (χ1) is 17.4. The number of nitrogens with zero attached hydrogens (tertiary/aromatic N) is 2. The molecule has 2 aromatic heterocycles. The summed E-state index contributed by atoms with van der Waals surface area (Å²) < 4.78 is 1.60. The number of halogens is 1. The maximum Gasteiger partial charge on any atom is 0.268 e. The van der Waals surface area contributed by atoms with Gasteiger partial charge in [-0.3, -0.25) is 14.2 Å².